The first-order valence-electron chi connectivity index (χ1n) is 4.93. The summed E-state index contributed by atoms with van der Waals surface area (Å²) >= 11 is 0. The van der Waals surface area contributed by atoms with Crippen LogP contribution in [0.5, 0.6) is 0 Å². The molecule has 12 heavy (non-hydrogen) atoms. The van der Waals surface area contributed by atoms with E-state index in [-0.39, 0.29) is 0 Å². The van der Waals surface area contributed by atoms with Gasteiger partial charge < -0.3 is 9.80 Å². The van der Waals surface area contributed by atoms with Gasteiger partial charge in [0, 0.05) is 27.2 Å². The molecule has 2 rings (SSSR count). The summed E-state index contributed by atoms with van der Waals surface area (Å²) in [6.45, 7) is 2.48. The van der Waals surface area contributed by atoms with Gasteiger partial charge >= 0.3 is 0 Å². The summed E-state index contributed by atoms with van der Waals surface area (Å²) in [6.07, 6.45) is 5.38. The van der Waals surface area contributed by atoms with Crippen molar-refractivity contribution < 1.29 is 0 Å². The molecule has 0 bridgehead atoms. The highest BCUT2D eigenvalue weighted by molar-refractivity contribution is 5.17. The van der Waals surface area contributed by atoms with E-state index >= 15 is 0 Å². The van der Waals surface area contributed by atoms with Gasteiger partial charge in [0.25, 0.3) is 0 Å². The Balaban J connectivity index is 2.27. The van der Waals surface area contributed by atoms with Crippen molar-refractivity contribution in [1.82, 2.24) is 9.80 Å². The van der Waals surface area contributed by atoms with Crippen LogP contribution in [0.3, 0.4) is 0 Å². The zero-order chi connectivity index (χ0) is 8.55. The lowest BCUT2D eigenvalue weighted by Gasteiger charge is -2.39. The normalized spacial score (nSPS) is 24.5. The van der Waals surface area contributed by atoms with E-state index in [4.69, 9.17) is 0 Å². The highest BCUT2D eigenvalue weighted by Gasteiger charge is 2.22. The van der Waals surface area contributed by atoms with Crippen molar-refractivity contribution in [3.8, 4) is 0 Å². The van der Waals surface area contributed by atoms with Crippen LogP contribution in [0.2, 0.25) is 0 Å². The van der Waals surface area contributed by atoms with Crippen LogP contribution in [-0.2, 0) is 0 Å². The Morgan fingerprint density at radius 1 is 0.917 bits per heavy atom. The molecule has 0 saturated heterocycles. The summed E-state index contributed by atoms with van der Waals surface area (Å²) in [5.74, 6) is 1.52. The molecule has 0 spiro atoms. The fraction of sp³-hybridized carbons (Fsp3) is 0.800. The van der Waals surface area contributed by atoms with E-state index in [1.165, 1.54) is 44.6 Å². The van der Waals surface area contributed by atoms with Gasteiger partial charge in [-0.3, -0.25) is 0 Å². The molecule has 0 N–H and O–H groups in total. The van der Waals surface area contributed by atoms with Crippen LogP contribution in [-0.4, -0.2) is 37.0 Å². The number of nitrogens with zero attached hydrogens (tertiary/aromatic N) is 2. The average Bonchev–Trinajstić information content (AvgIpc) is 2.04. The van der Waals surface area contributed by atoms with Crippen molar-refractivity contribution >= 4 is 0 Å². The second-order valence-electron chi connectivity index (χ2n) is 3.98. The maximum atomic E-state index is 2.41. The largest absolute Gasteiger partial charge is 0.361 e. The van der Waals surface area contributed by atoms with Gasteiger partial charge in [0.2, 0.25) is 0 Å². The molecule has 0 atom stereocenters. The summed E-state index contributed by atoms with van der Waals surface area (Å²) in [5.41, 5.74) is 1.69. The SMILES string of the molecule is CN1CCCC2=C1N(C)CCC2. The molecule has 0 aromatic heterocycles. The standard InChI is InChI=1S/C10H18N2/c1-11-7-3-5-9-6-4-8-12(2)10(9)11/h3-8H2,1-2H3. The average molecular weight is 166 g/mol. The second-order valence-corrected chi connectivity index (χ2v) is 3.98. The maximum absolute atomic E-state index is 2.41. The molecular formula is C10H18N2. The number of hydrogen-bond acceptors (Lipinski definition) is 2. The van der Waals surface area contributed by atoms with E-state index in [0.29, 0.717) is 0 Å². The summed E-state index contributed by atoms with van der Waals surface area (Å²) in [7, 11) is 4.44. The molecule has 0 aliphatic carbocycles. The predicted molar refractivity (Wildman–Crippen MR) is 50.8 cm³/mol. The lowest BCUT2D eigenvalue weighted by Crippen LogP contribution is -2.38. The van der Waals surface area contributed by atoms with Gasteiger partial charge in [-0.2, -0.15) is 0 Å². The first kappa shape index (κ1) is 7.96. The topological polar surface area (TPSA) is 6.48 Å². The number of hydrogen-bond donors (Lipinski definition) is 0. The van der Waals surface area contributed by atoms with Crippen molar-refractivity contribution in [1.29, 1.82) is 0 Å². The van der Waals surface area contributed by atoms with Crippen LogP contribution in [0.1, 0.15) is 25.7 Å². The first-order chi connectivity index (χ1) is 5.79. The van der Waals surface area contributed by atoms with Gasteiger partial charge in [0.15, 0.2) is 0 Å². The van der Waals surface area contributed by atoms with Crippen LogP contribution in [0.25, 0.3) is 0 Å². The Morgan fingerprint density at radius 2 is 1.42 bits per heavy atom. The van der Waals surface area contributed by atoms with Crippen LogP contribution in [0.4, 0.5) is 0 Å². The monoisotopic (exact) mass is 166 g/mol. The fourth-order valence-electron chi connectivity index (χ4n) is 2.45. The third-order valence-electron chi connectivity index (χ3n) is 2.98. The highest BCUT2D eigenvalue weighted by Crippen LogP contribution is 2.29. The van der Waals surface area contributed by atoms with E-state index < -0.39 is 0 Å². The van der Waals surface area contributed by atoms with E-state index in [0.717, 1.165) is 0 Å². The zero-order valence-electron chi connectivity index (χ0n) is 8.14. The fourth-order valence-corrected chi connectivity index (χ4v) is 2.45. The zero-order valence-corrected chi connectivity index (χ0v) is 8.14. The summed E-state index contributed by atoms with van der Waals surface area (Å²) in [6, 6.07) is 0. The first-order valence-corrected chi connectivity index (χ1v) is 4.93. The lowest BCUT2D eigenvalue weighted by molar-refractivity contribution is 0.223. The molecule has 2 aliphatic heterocycles. The van der Waals surface area contributed by atoms with Crippen molar-refractivity contribution in [3.05, 3.63) is 11.4 Å². The molecule has 0 saturated carbocycles. The van der Waals surface area contributed by atoms with Crippen molar-refractivity contribution in [2.24, 2.45) is 0 Å². The predicted octanol–water partition coefficient (Wildman–Crippen LogP) is 1.65. The van der Waals surface area contributed by atoms with E-state index in [1.54, 1.807) is 5.57 Å². The van der Waals surface area contributed by atoms with Crippen molar-refractivity contribution in [3.63, 3.8) is 0 Å². The number of rotatable bonds is 0. The Labute approximate surface area is 74.8 Å². The van der Waals surface area contributed by atoms with Gasteiger partial charge in [0.05, 0.1) is 0 Å². The molecule has 0 aromatic carbocycles. The highest BCUT2D eigenvalue weighted by atomic mass is 15.3. The molecule has 2 heterocycles. The summed E-state index contributed by atoms with van der Waals surface area (Å²) < 4.78 is 0. The maximum Gasteiger partial charge on any atom is 0.103 e. The molecule has 0 radical (unpaired) electrons. The minimum absolute atomic E-state index is 1.24. The quantitative estimate of drug-likeness (QED) is 0.540. The van der Waals surface area contributed by atoms with E-state index in [9.17, 15) is 0 Å². The van der Waals surface area contributed by atoms with Crippen molar-refractivity contribution in [2.45, 2.75) is 25.7 Å². The molecule has 2 aliphatic rings. The molecule has 0 fully saturated rings. The molecule has 0 amide bonds. The lowest BCUT2D eigenvalue weighted by atomic mass is 9.97. The van der Waals surface area contributed by atoms with E-state index in [1.807, 2.05) is 0 Å². The molecule has 0 aromatic rings. The van der Waals surface area contributed by atoms with Gasteiger partial charge in [0.1, 0.15) is 5.82 Å². The van der Waals surface area contributed by atoms with Gasteiger partial charge in [-0.25, -0.2) is 0 Å². The molecule has 0 unspecified atom stereocenters. The van der Waals surface area contributed by atoms with Crippen LogP contribution < -0.4 is 0 Å². The Hall–Kier alpha value is -0.660. The van der Waals surface area contributed by atoms with Gasteiger partial charge in [-0.1, -0.05) is 0 Å². The second kappa shape index (κ2) is 3.00. The number of allylic oxidation sites excluding steroid dienone is 1. The Bertz CT molecular complexity index is 188. The van der Waals surface area contributed by atoms with Crippen LogP contribution in [0, 0.1) is 0 Å². The third-order valence-corrected chi connectivity index (χ3v) is 2.98. The summed E-state index contributed by atoms with van der Waals surface area (Å²) in [4.78, 5) is 4.83. The molecule has 2 nitrogen and oxygen atoms in total. The minimum atomic E-state index is 1.24. The van der Waals surface area contributed by atoms with Gasteiger partial charge in [-0.05, 0) is 31.3 Å². The minimum Gasteiger partial charge on any atom is -0.361 e. The molecule has 68 valence electrons. The Morgan fingerprint density at radius 3 is 1.83 bits per heavy atom. The van der Waals surface area contributed by atoms with Crippen molar-refractivity contribution in [2.75, 3.05) is 27.2 Å². The van der Waals surface area contributed by atoms with E-state index in [2.05, 4.69) is 23.9 Å². The van der Waals surface area contributed by atoms with Gasteiger partial charge in [-0.15, -0.1) is 0 Å². The van der Waals surface area contributed by atoms with Crippen LogP contribution in [0.15, 0.2) is 11.4 Å². The summed E-state index contributed by atoms with van der Waals surface area (Å²) in [5, 5.41) is 0. The third kappa shape index (κ3) is 1.19. The smallest absolute Gasteiger partial charge is 0.103 e. The molecule has 2 heteroatoms. The Kier molecular flexibility index (Phi) is 1.99. The molecular weight excluding hydrogens is 148 g/mol. The van der Waals surface area contributed by atoms with Crippen LogP contribution >= 0.6 is 0 Å².